The Balaban J connectivity index is 2.41. The summed E-state index contributed by atoms with van der Waals surface area (Å²) in [7, 11) is 0. The van der Waals surface area contributed by atoms with Crippen molar-refractivity contribution < 1.29 is 22.3 Å². The number of benzene rings is 2. The van der Waals surface area contributed by atoms with Crippen molar-refractivity contribution in [2.75, 3.05) is 0 Å². The largest absolute Gasteiger partial charge is 0.453 e. The second-order valence-electron chi connectivity index (χ2n) is 4.36. The third kappa shape index (κ3) is 3.31. The molecular formula is C15H9F4NO. The molecule has 0 saturated carbocycles. The summed E-state index contributed by atoms with van der Waals surface area (Å²) in [4.78, 5) is 0. The number of rotatable bonds is 2. The van der Waals surface area contributed by atoms with E-state index >= 15 is 0 Å². The molecule has 6 heteroatoms. The van der Waals surface area contributed by atoms with Crippen molar-refractivity contribution >= 4 is 0 Å². The van der Waals surface area contributed by atoms with Crippen LogP contribution in [-0.4, -0.2) is 0 Å². The molecule has 0 spiro atoms. The van der Waals surface area contributed by atoms with E-state index in [1.165, 1.54) is 18.2 Å². The molecule has 21 heavy (non-hydrogen) atoms. The van der Waals surface area contributed by atoms with Gasteiger partial charge in [0.1, 0.15) is 11.8 Å². The van der Waals surface area contributed by atoms with Crippen LogP contribution in [0.25, 0.3) is 0 Å². The van der Waals surface area contributed by atoms with Gasteiger partial charge in [-0.15, -0.1) is 0 Å². The zero-order chi connectivity index (χ0) is 15.6. The zero-order valence-corrected chi connectivity index (χ0v) is 10.8. The van der Waals surface area contributed by atoms with Gasteiger partial charge in [-0.25, -0.2) is 4.39 Å². The van der Waals surface area contributed by atoms with Crippen LogP contribution in [0.5, 0.6) is 11.5 Å². The van der Waals surface area contributed by atoms with Gasteiger partial charge in [0.05, 0.1) is 11.1 Å². The number of halogens is 4. The molecule has 0 atom stereocenters. The van der Waals surface area contributed by atoms with Crippen LogP contribution in [0.4, 0.5) is 17.6 Å². The van der Waals surface area contributed by atoms with Crippen LogP contribution in [-0.2, 0) is 6.18 Å². The highest BCUT2D eigenvalue weighted by molar-refractivity contribution is 5.48. The van der Waals surface area contributed by atoms with E-state index in [9.17, 15) is 17.6 Å². The van der Waals surface area contributed by atoms with Gasteiger partial charge in [0.2, 0.25) is 0 Å². The molecular weight excluding hydrogens is 286 g/mol. The second-order valence-corrected chi connectivity index (χ2v) is 4.36. The van der Waals surface area contributed by atoms with Crippen LogP contribution in [0.3, 0.4) is 0 Å². The Morgan fingerprint density at radius 2 is 1.76 bits per heavy atom. The fourth-order valence-corrected chi connectivity index (χ4v) is 1.69. The topological polar surface area (TPSA) is 33.0 Å². The van der Waals surface area contributed by atoms with Crippen molar-refractivity contribution in [1.82, 2.24) is 0 Å². The minimum Gasteiger partial charge on any atom is -0.453 e. The van der Waals surface area contributed by atoms with E-state index in [1.54, 1.807) is 13.0 Å². The lowest BCUT2D eigenvalue weighted by atomic mass is 10.1. The van der Waals surface area contributed by atoms with Gasteiger partial charge in [0.25, 0.3) is 0 Å². The highest BCUT2D eigenvalue weighted by atomic mass is 19.4. The summed E-state index contributed by atoms with van der Waals surface area (Å²) in [5.41, 5.74) is -0.557. The average molecular weight is 295 g/mol. The Labute approximate surface area is 118 Å². The first-order chi connectivity index (χ1) is 9.81. The molecule has 0 aliphatic rings. The fraction of sp³-hybridized carbons (Fsp3) is 0.133. The van der Waals surface area contributed by atoms with Gasteiger partial charge in [0.15, 0.2) is 11.6 Å². The standard InChI is InChI=1S/C15H9F4NO/c1-9-2-4-12(16)14(6-9)21-13-5-3-11(15(17,18)19)7-10(13)8-20/h2-7H,1H3. The summed E-state index contributed by atoms with van der Waals surface area (Å²) >= 11 is 0. The molecule has 0 aromatic heterocycles. The van der Waals surface area contributed by atoms with Crippen LogP contribution in [0.1, 0.15) is 16.7 Å². The molecule has 0 aliphatic heterocycles. The summed E-state index contributed by atoms with van der Waals surface area (Å²) in [5, 5.41) is 8.92. The zero-order valence-electron chi connectivity index (χ0n) is 10.8. The summed E-state index contributed by atoms with van der Waals surface area (Å²) < 4.78 is 56.5. The Morgan fingerprint density at radius 1 is 1.05 bits per heavy atom. The average Bonchev–Trinajstić information content (AvgIpc) is 2.42. The van der Waals surface area contributed by atoms with Gasteiger partial charge in [-0.3, -0.25) is 0 Å². The Kier molecular flexibility index (Phi) is 3.85. The summed E-state index contributed by atoms with van der Waals surface area (Å²) in [6.45, 7) is 1.71. The number of alkyl halides is 3. The predicted molar refractivity (Wildman–Crippen MR) is 67.4 cm³/mol. The van der Waals surface area contributed by atoms with Crippen molar-refractivity contribution in [1.29, 1.82) is 5.26 Å². The Hall–Kier alpha value is -2.55. The number of ether oxygens (including phenoxy) is 1. The first-order valence-electron chi connectivity index (χ1n) is 5.86. The first kappa shape index (κ1) is 14.9. The monoisotopic (exact) mass is 295 g/mol. The lowest BCUT2D eigenvalue weighted by Gasteiger charge is -2.11. The molecule has 0 amide bonds. The van der Waals surface area contributed by atoms with Crippen molar-refractivity contribution in [2.24, 2.45) is 0 Å². The quantitative estimate of drug-likeness (QED) is 0.744. The maximum Gasteiger partial charge on any atom is 0.416 e. The van der Waals surface area contributed by atoms with Crippen molar-refractivity contribution in [3.05, 3.63) is 58.9 Å². The highest BCUT2D eigenvalue weighted by Crippen LogP contribution is 2.34. The maximum atomic E-state index is 13.6. The maximum absolute atomic E-state index is 13.6. The molecule has 2 rings (SSSR count). The van der Waals surface area contributed by atoms with Crippen LogP contribution in [0.2, 0.25) is 0 Å². The van der Waals surface area contributed by atoms with Gasteiger partial charge >= 0.3 is 6.18 Å². The van der Waals surface area contributed by atoms with E-state index in [0.717, 1.165) is 17.7 Å². The molecule has 2 aromatic carbocycles. The van der Waals surface area contributed by atoms with Gasteiger partial charge in [-0.2, -0.15) is 18.4 Å². The lowest BCUT2D eigenvalue weighted by Crippen LogP contribution is -2.05. The number of aryl methyl sites for hydroxylation is 1. The minimum atomic E-state index is -4.56. The summed E-state index contributed by atoms with van der Waals surface area (Å²) in [5.74, 6) is -0.939. The van der Waals surface area contributed by atoms with E-state index < -0.39 is 17.6 Å². The highest BCUT2D eigenvalue weighted by Gasteiger charge is 2.31. The molecule has 0 unspecified atom stereocenters. The number of hydrogen-bond donors (Lipinski definition) is 0. The molecule has 2 nitrogen and oxygen atoms in total. The molecule has 0 aliphatic carbocycles. The Bertz CT molecular complexity index is 717. The number of nitrogens with zero attached hydrogens (tertiary/aromatic N) is 1. The third-order valence-electron chi connectivity index (χ3n) is 2.73. The van der Waals surface area contributed by atoms with Gasteiger partial charge in [-0.1, -0.05) is 6.07 Å². The summed E-state index contributed by atoms with van der Waals surface area (Å²) in [6.07, 6.45) is -4.56. The Morgan fingerprint density at radius 3 is 2.38 bits per heavy atom. The molecule has 0 saturated heterocycles. The van der Waals surface area contributed by atoms with Gasteiger partial charge in [0, 0.05) is 0 Å². The molecule has 0 radical (unpaired) electrons. The van der Waals surface area contributed by atoms with Crippen LogP contribution < -0.4 is 4.74 Å². The number of nitriles is 1. The van der Waals surface area contributed by atoms with Crippen molar-refractivity contribution in [3.8, 4) is 17.6 Å². The van der Waals surface area contributed by atoms with E-state index in [-0.39, 0.29) is 17.1 Å². The van der Waals surface area contributed by atoms with E-state index in [0.29, 0.717) is 6.07 Å². The molecule has 0 bridgehead atoms. The molecule has 108 valence electrons. The molecule has 2 aromatic rings. The van der Waals surface area contributed by atoms with Gasteiger partial charge < -0.3 is 4.74 Å². The third-order valence-corrected chi connectivity index (χ3v) is 2.73. The number of hydrogen-bond acceptors (Lipinski definition) is 2. The predicted octanol–water partition coefficient (Wildman–Crippen LogP) is 4.82. The van der Waals surface area contributed by atoms with E-state index in [2.05, 4.69) is 0 Å². The SMILES string of the molecule is Cc1ccc(F)c(Oc2ccc(C(F)(F)F)cc2C#N)c1. The molecule has 0 heterocycles. The molecule has 0 N–H and O–H groups in total. The normalized spacial score (nSPS) is 11.0. The lowest BCUT2D eigenvalue weighted by molar-refractivity contribution is -0.137. The minimum absolute atomic E-state index is 0.130. The smallest absolute Gasteiger partial charge is 0.416 e. The van der Waals surface area contributed by atoms with Crippen molar-refractivity contribution in [2.45, 2.75) is 13.1 Å². The van der Waals surface area contributed by atoms with E-state index in [4.69, 9.17) is 10.00 Å². The second kappa shape index (κ2) is 5.44. The van der Waals surface area contributed by atoms with Gasteiger partial charge in [-0.05, 0) is 42.8 Å². The van der Waals surface area contributed by atoms with Crippen LogP contribution >= 0.6 is 0 Å². The first-order valence-corrected chi connectivity index (χ1v) is 5.86. The van der Waals surface area contributed by atoms with E-state index in [1.807, 2.05) is 0 Å². The fourth-order valence-electron chi connectivity index (χ4n) is 1.69. The van der Waals surface area contributed by atoms with Crippen LogP contribution in [0.15, 0.2) is 36.4 Å². The van der Waals surface area contributed by atoms with Crippen LogP contribution in [0, 0.1) is 24.1 Å². The molecule has 0 fully saturated rings. The van der Waals surface area contributed by atoms with Crippen molar-refractivity contribution in [3.63, 3.8) is 0 Å². The summed E-state index contributed by atoms with van der Waals surface area (Å²) in [6, 6.07) is 8.18.